The second-order valence-electron chi connectivity index (χ2n) is 6.01. The van der Waals surface area contributed by atoms with Crippen molar-refractivity contribution < 1.29 is 4.74 Å². The molecule has 0 amide bonds. The molecule has 1 heterocycles. The smallest absolute Gasteiger partial charge is 0.104 e. The molecule has 1 saturated heterocycles. The van der Waals surface area contributed by atoms with Crippen molar-refractivity contribution in [1.82, 2.24) is 10.2 Å². The maximum atomic E-state index is 9.28. The van der Waals surface area contributed by atoms with Gasteiger partial charge in [-0.3, -0.25) is 5.32 Å². The Morgan fingerprint density at radius 1 is 1.32 bits per heavy atom. The zero-order valence-electron chi connectivity index (χ0n) is 12.7. The molecule has 1 aliphatic rings. The Morgan fingerprint density at radius 2 is 2.11 bits per heavy atom. The minimum Gasteiger partial charge on any atom is -0.380 e. The maximum Gasteiger partial charge on any atom is 0.104 e. The average molecular weight is 267 g/mol. The molecule has 19 heavy (non-hydrogen) atoms. The van der Waals surface area contributed by atoms with Gasteiger partial charge in [-0.15, -0.1) is 0 Å². The van der Waals surface area contributed by atoms with Crippen molar-refractivity contribution in [3.63, 3.8) is 0 Å². The van der Waals surface area contributed by atoms with Gasteiger partial charge in [-0.2, -0.15) is 5.26 Å². The van der Waals surface area contributed by atoms with Crippen LogP contribution in [0.5, 0.6) is 0 Å². The third-order valence-electron chi connectivity index (χ3n) is 3.57. The Kier molecular flexibility index (Phi) is 7.37. The molecule has 1 aliphatic heterocycles. The number of nitrogens with one attached hydrogen (secondary N) is 1. The van der Waals surface area contributed by atoms with E-state index in [1.807, 2.05) is 6.92 Å². The lowest BCUT2D eigenvalue weighted by atomic mass is 9.95. The van der Waals surface area contributed by atoms with E-state index in [2.05, 4.69) is 30.1 Å². The summed E-state index contributed by atoms with van der Waals surface area (Å²) in [6, 6.07) is 2.77. The van der Waals surface area contributed by atoms with Crippen LogP contribution < -0.4 is 5.32 Å². The zero-order valence-corrected chi connectivity index (χ0v) is 12.7. The van der Waals surface area contributed by atoms with Crippen LogP contribution in [0.4, 0.5) is 0 Å². The summed E-state index contributed by atoms with van der Waals surface area (Å²) in [7, 11) is 0. The molecular weight excluding hydrogens is 238 g/mol. The van der Waals surface area contributed by atoms with Crippen LogP contribution in [0.25, 0.3) is 0 Å². The molecule has 0 saturated carbocycles. The van der Waals surface area contributed by atoms with E-state index < -0.39 is 0 Å². The second-order valence-corrected chi connectivity index (χ2v) is 6.01. The van der Waals surface area contributed by atoms with Gasteiger partial charge < -0.3 is 9.64 Å². The summed E-state index contributed by atoms with van der Waals surface area (Å²) in [6.45, 7) is 11.3. The maximum absolute atomic E-state index is 9.28. The summed E-state index contributed by atoms with van der Waals surface area (Å²) < 4.78 is 5.45. The second kappa shape index (κ2) is 8.52. The van der Waals surface area contributed by atoms with Gasteiger partial charge >= 0.3 is 0 Å². The first-order valence-electron chi connectivity index (χ1n) is 7.55. The third kappa shape index (κ3) is 6.91. The topological polar surface area (TPSA) is 48.3 Å². The highest BCUT2D eigenvalue weighted by molar-refractivity contribution is 5.04. The Morgan fingerprint density at radius 3 is 2.79 bits per heavy atom. The van der Waals surface area contributed by atoms with Gasteiger partial charge in [-0.1, -0.05) is 0 Å². The minimum atomic E-state index is -0.379. The molecule has 0 aromatic carbocycles. The summed E-state index contributed by atoms with van der Waals surface area (Å²) in [6.07, 6.45) is 4.33. The molecule has 1 fully saturated rings. The summed E-state index contributed by atoms with van der Waals surface area (Å²) in [5.41, 5.74) is -0.379. The largest absolute Gasteiger partial charge is 0.380 e. The Hall–Kier alpha value is -0.630. The first-order valence-corrected chi connectivity index (χ1v) is 7.55. The van der Waals surface area contributed by atoms with Crippen LogP contribution in [-0.2, 0) is 4.74 Å². The quantitative estimate of drug-likeness (QED) is 0.718. The Labute approximate surface area is 118 Å². The highest BCUT2D eigenvalue weighted by Gasteiger charge is 2.23. The Bertz CT molecular complexity index is 280. The predicted molar refractivity (Wildman–Crippen MR) is 78.0 cm³/mol. The fourth-order valence-electron chi connectivity index (χ4n) is 2.63. The van der Waals surface area contributed by atoms with E-state index in [0.717, 1.165) is 58.5 Å². The summed E-state index contributed by atoms with van der Waals surface area (Å²) in [4.78, 5) is 2.48. The van der Waals surface area contributed by atoms with Crippen LogP contribution in [0.15, 0.2) is 0 Å². The van der Waals surface area contributed by atoms with Crippen molar-refractivity contribution in [2.24, 2.45) is 0 Å². The van der Waals surface area contributed by atoms with Gasteiger partial charge in [0.15, 0.2) is 0 Å². The number of nitriles is 1. The van der Waals surface area contributed by atoms with Crippen molar-refractivity contribution >= 4 is 0 Å². The molecule has 1 unspecified atom stereocenters. The number of hydrogen-bond acceptors (Lipinski definition) is 4. The molecule has 1 N–H and O–H groups in total. The van der Waals surface area contributed by atoms with Crippen LogP contribution in [0.3, 0.4) is 0 Å². The lowest BCUT2D eigenvalue weighted by Crippen LogP contribution is -2.45. The van der Waals surface area contributed by atoms with Crippen molar-refractivity contribution in [3.8, 4) is 6.07 Å². The van der Waals surface area contributed by atoms with Crippen molar-refractivity contribution in [3.05, 3.63) is 0 Å². The number of hydrogen-bond donors (Lipinski definition) is 1. The van der Waals surface area contributed by atoms with E-state index in [4.69, 9.17) is 4.74 Å². The van der Waals surface area contributed by atoms with Crippen LogP contribution >= 0.6 is 0 Å². The van der Waals surface area contributed by atoms with E-state index in [1.165, 1.54) is 0 Å². The zero-order chi connectivity index (χ0) is 14.1. The van der Waals surface area contributed by atoms with E-state index in [1.54, 1.807) is 0 Å². The van der Waals surface area contributed by atoms with Gasteiger partial charge in [0.05, 0.1) is 12.7 Å². The van der Waals surface area contributed by atoms with E-state index in [-0.39, 0.29) is 5.54 Å². The lowest BCUT2D eigenvalue weighted by molar-refractivity contribution is 0.141. The van der Waals surface area contributed by atoms with E-state index in [9.17, 15) is 5.26 Å². The van der Waals surface area contributed by atoms with Gasteiger partial charge in [0, 0.05) is 25.7 Å². The van der Waals surface area contributed by atoms with Crippen LogP contribution in [0, 0.1) is 11.3 Å². The normalized spacial score (nSPS) is 20.8. The molecule has 0 aliphatic carbocycles. The first-order chi connectivity index (χ1) is 9.06. The standard InChI is InChI=1S/C15H29N3O/c1-14(2)17-15(3,13-16)7-4-5-8-18-9-6-11-19-12-10-18/h14,17H,4-12H2,1-3H3. The fourth-order valence-corrected chi connectivity index (χ4v) is 2.63. The molecule has 0 radical (unpaired) electrons. The molecule has 0 bridgehead atoms. The molecule has 110 valence electrons. The number of nitrogens with zero attached hydrogens (tertiary/aromatic N) is 2. The number of unbranched alkanes of at least 4 members (excludes halogenated alkanes) is 1. The van der Waals surface area contributed by atoms with Gasteiger partial charge in [0.2, 0.25) is 0 Å². The molecule has 4 heteroatoms. The monoisotopic (exact) mass is 267 g/mol. The van der Waals surface area contributed by atoms with E-state index >= 15 is 0 Å². The van der Waals surface area contributed by atoms with Crippen LogP contribution in [-0.4, -0.2) is 49.3 Å². The SMILES string of the molecule is CC(C)NC(C)(C#N)CCCCN1CCCOCC1. The summed E-state index contributed by atoms with van der Waals surface area (Å²) in [5, 5.41) is 12.6. The van der Waals surface area contributed by atoms with Gasteiger partial charge in [0.1, 0.15) is 5.54 Å². The van der Waals surface area contributed by atoms with Gasteiger partial charge in [-0.25, -0.2) is 0 Å². The van der Waals surface area contributed by atoms with Crippen molar-refractivity contribution in [1.29, 1.82) is 5.26 Å². The molecule has 1 atom stereocenters. The average Bonchev–Trinajstić information content (AvgIpc) is 2.62. The summed E-state index contributed by atoms with van der Waals surface area (Å²) in [5.74, 6) is 0. The lowest BCUT2D eigenvalue weighted by Gasteiger charge is -2.26. The highest BCUT2D eigenvalue weighted by Crippen LogP contribution is 2.14. The first kappa shape index (κ1) is 16.4. The summed E-state index contributed by atoms with van der Waals surface area (Å²) >= 11 is 0. The van der Waals surface area contributed by atoms with E-state index in [0.29, 0.717) is 6.04 Å². The molecule has 0 spiro atoms. The molecule has 4 nitrogen and oxygen atoms in total. The van der Waals surface area contributed by atoms with Crippen molar-refractivity contribution in [2.75, 3.05) is 32.8 Å². The highest BCUT2D eigenvalue weighted by atomic mass is 16.5. The van der Waals surface area contributed by atoms with Gasteiger partial charge in [0.25, 0.3) is 0 Å². The third-order valence-corrected chi connectivity index (χ3v) is 3.57. The fraction of sp³-hybridized carbons (Fsp3) is 0.933. The van der Waals surface area contributed by atoms with Crippen molar-refractivity contribution in [2.45, 2.75) is 58.0 Å². The predicted octanol–water partition coefficient (Wildman–Crippen LogP) is 2.16. The number of rotatable bonds is 7. The van der Waals surface area contributed by atoms with Crippen LogP contribution in [0.1, 0.15) is 46.5 Å². The number of ether oxygens (including phenoxy) is 1. The molecule has 0 aromatic rings. The molecular formula is C15H29N3O. The Balaban J connectivity index is 2.19. The van der Waals surface area contributed by atoms with Gasteiger partial charge in [-0.05, 0) is 53.0 Å². The van der Waals surface area contributed by atoms with Crippen LogP contribution in [0.2, 0.25) is 0 Å². The minimum absolute atomic E-state index is 0.354. The molecule has 0 aromatic heterocycles. The molecule has 1 rings (SSSR count).